The van der Waals surface area contributed by atoms with Crippen molar-refractivity contribution >= 4 is 45.2 Å². The molecular weight excluding hydrogens is 420 g/mol. The topological polar surface area (TPSA) is 71.3 Å². The largest absolute Gasteiger partial charge is 0.493 e. The summed E-state index contributed by atoms with van der Waals surface area (Å²) in [5.41, 5.74) is 0.975. The van der Waals surface area contributed by atoms with Gasteiger partial charge >= 0.3 is 0 Å². The van der Waals surface area contributed by atoms with Crippen molar-refractivity contribution in [3.05, 3.63) is 57.0 Å². The molecule has 26 heavy (non-hydrogen) atoms. The number of methoxy groups -OCH3 is 1. The number of hydrogen-bond donors (Lipinski definition) is 1. The summed E-state index contributed by atoms with van der Waals surface area (Å²) in [4.78, 5) is 12.4. The first kappa shape index (κ1) is 19.8. The average molecular weight is 436 g/mol. The van der Waals surface area contributed by atoms with Crippen molar-refractivity contribution in [1.82, 2.24) is 0 Å². The fraction of sp³-hybridized carbons (Fsp3) is 0.158. The SMILES string of the molecule is CCOc1cc(/C=C(\C#N)C(=O)Nc2ccccc2Cl)c(Br)cc1OC. The summed E-state index contributed by atoms with van der Waals surface area (Å²) in [5.74, 6) is 0.518. The molecule has 0 aliphatic rings. The molecule has 0 saturated carbocycles. The lowest BCUT2D eigenvalue weighted by atomic mass is 10.1. The number of carbonyl (C=O) groups is 1. The second-order valence-corrected chi connectivity index (χ2v) is 6.32. The molecule has 2 rings (SSSR count). The van der Waals surface area contributed by atoms with E-state index in [1.165, 1.54) is 13.2 Å². The van der Waals surface area contributed by atoms with Gasteiger partial charge in [0.1, 0.15) is 11.6 Å². The Morgan fingerprint density at radius 3 is 2.69 bits per heavy atom. The molecule has 2 aromatic carbocycles. The molecule has 5 nitrogen and oxygen atoms in total. The number of amides is 1. The van der Waals surface area contributed by atoms with Crippen LogP contribution in [0.1, 0.15) is 12.5 Å². The van der Waals surface area contributed by atoms with Crippen LogP contribution in [0.5, 0.6) is 11.5 Å². The van der Waals surface area contributed by atoms with Crippen LogP contribution < -0.4 is 14.8 Å². The van der Waals surface area contributed by atoms with Gasteiger partial charge in [-0.25, -0.2) is 0 Å². The van der Waals surface area contributed by atoms with Gasteiger partial charge in [-0.3, -0.25) is 4.79 Å². The van der Waals surface area contributed by atoms with Crippen LogP contribution in [0.4, 0.5) is 5.69 Å². The highest BCUT2D eigenvalue weighted by molar-refractivity contribution is 9.10. The molecule has 0 aliphatic carbocycles. The Balaban J connectivity index is 2.36. The van der Waals surface area contributed by atoms with Crippen LogP contribution in [0.15, 0.2) is 46.4 Å². The molecule has 0 saturated heterocycles. The van der Waals surface area contributed by atoms with E-state index in [0.717, 1.165) is 0 Å². The minimum Gasteiger partial charge on any atom is -0.493 e. The molecule has 7 heteroatoms. The normalized spacial score (nSPS) is 10.8. The maximum atomic E-state index is 12.4. The Bertz CT molecular complexity index is 891. The first-order valence-electron chi connectivity index (χ1n) is 7.68. The predicted octanol–water partition coefficient (Wildman–Crippen LogP) is 5.06. The highest BCUT2D eigenvalue weighted by Crippen LogP contribution is 2.34. The maximum absolute atomic E-state index is 12.4. The molecule has 1 amide bonds. The van der Waals surface area contributed by atoms with Gasteiger partial charge < -0.3 is 14.8 Å². The smallest absolute Gasteiger partial charge is 0.266 e. The molecule has 0 radical (unpaired) electrons. The molecular formula is C19H16BrClN2O3. The lowest BCUT2D eigenvalue weighted by molar-refractivity contribution is -0.112. The quantitative estimate of drug-likeness (QED) is 0.509. The summed E-state index contributed by atoms with van der Waals surface area (Å²) < 4.78 is 11.5. The lowest BCUT2D eigenvalue weighted by Crippen LogP contribution is -2.13. The summed E-state index contributed by atoms with van der Waals surface area (Å²) >= 11 is 9.45. The number of benzene rings is 2. The molecule has 0 atom stereocenters. The zero-order chi connectivity index (χ0) is 19.1. The monoisotopic (exact) mass is 434 g/mol. The standard InChI is InChI=1S/C19H16BrClN2O3/c1-3-26-18-9-12(14(20)10-17(18)25-2)8-13(11-22)19(24)23-16-7-5-4-6-15(16)21/h4-10H,3H2,1-2H3,(H,23,24)/b13-8+. The first-order chi connectivity index (χ1) is 12.5. The Labute approximate surface area is 165 Å². The molecule has 0 unspecified atom stereocenters. The van der Waals surface area contributed by atoms with Crippen LogP contribution in [0, 0.1) is 11.3 Å². The average Bonchev–Trinajstić information content (AvgIpc) is 2.63. The number of nitriles is 1. The van der Waals surface area contributed by atoms with Crippen LogP contribution in [0.3, 0.4) is 0 Å². The van der Waals surface area contributed by atoms with Crippen molar-refractivity contribution in [3.63, 3.8) is 0 Å². The second-order valence-electron chi connectivity index (χ2n) is 5.06. The van der Waals surface area contributed by atoms with Gasteiger partial charge in [-0.05, 0) is 42.8 Å². The molecule has 0 fully saturated rings. The predicted molar refractivity (Wildman–Crippen MR) is 106 cm³/mol. The molecule has 0 aromatic heterocycles. The fourth-order valence-corrected chi connectivity index (χ4v) is 2.77. The summed E-state index contributed by atoms with van der Waals surface area (Å²) in [6, 6.07) is 12.1. The third-order valence-electron chi connectivity index (χ3n) is 3.37. The Morgan fingerprint density at radius 1 is 1.35 bits per heavy atom. The van der Waals surface area contributed by atoms with E-state index in [1.54, 1.807) is 36.4 Å². The maximum Gasteiger partial charge on any atom is 0.266 e. The molecule has 0 spiro atoms. The van der Waals surface area contributed by atoms with Crippen molar-refractivity contribution in [2.45, 2.75) is 6.92 Å². The van der Waals surface area contributed by atoms with E-state index in [9.17, 15) is 10.1 Å². The van der Waals surface area contributed by atoms with Crippen molar-refractivity contribution in [3.8, 4) is 17.6 Å². The number of rotatable bonds is 6. The Morgan fingerprint density at radius 2 is 2.08 bits per heavy atom. The van der Waals surface area contributed by atoms with Crippen LogP contribution in [-0.4, -0.2) is 19.6 Å². The highest BCUT2D eigenvalue weighted by Gasteiger charge is 2.14. The highest BCUT2D eigenvalue weighted by atomic mass is 79.9. The van der Waals surface area contributed by atoms with Gasteiger partial charge in [-0.1, -0.05) is 39.7 Å². The number of carbonyl (C=O) groups excluding carboxylic acids is 1. The number of nitrogens with zero attached hydrogens (tertiary/aromatic N) is 1. The van der Waals surface area contributed by atoms with Crippen LogP contribution in [0.2, 0.25) is 5.02 Å². The van der Waals surface area contributed by atoms with E-state index in [4.69, 9.17) is 21.1 Å². The number of halogens is 2. The summed E-state index contributed by atoms with van der Waals surface area (Å²) in [6.07, 6.45) is 1.47. The van der Waals surface area contributed by atoms with Crippen LogP contribution >= 0.6 is 27.5 Å². The van der Waals surface area contributed by atoms with Gasteiger partial charge in [0.05, 0.1) is 24.4 Å². The summed E-state index contributed by atoms with van der Waals surface area (Å²) in [6.45, 7) is 2.31. The van der Waals surface area contributed by atoms with E-state index in [1.807, 2.05) is 13.0 Å². The number of para-hydroxylation sites is 1. The van der Waals surface area contributed by atoms with Gasteiger partial charge in [0.15, 0.2) is 11.5 Å². The third-order valence-corrected chi connectivity index (χ3v) is 4.39. The minimum absolute atomic E-state index is 0.0711. The molecule has 1 N–H and O–H groups in total. The number of anilines is 1. The molecule has 0 bridgehead atoms. The van der Waals surface area contributed by atoms with E-state index >= 15 is 0 Å². The van der Waals surface area contributed by atoms with Gasteiger partial charge in [-0.2, -0.15) is 5.26 Å². The lowest BCUT2D eigenvalue weighted by Gasteiger charge is -2.12. The van der Waals surface area contributed by atoms with Crippen molar-refractivity contribution in [2.75, 3.05) is 19.0 Å². The summed E-state index contributed by atoms with van der Waals surface area (Å²) in [5, 5.41) is 12.4. The van der Waals surface area contributed by atoms with E-state index in [-0.39, 0.29) is 5.57 Å². The Hall–Kier alpha value is -2.49. The van der Waals surface area contributed by atoms with Crippen molar-refractivity contribution in [1.29, 1.82) is 5.26 Å². The van der Waals surface area contributed by atoms with E-state index in [2.05, 4.69) is 21.2 Å². The molecule has 0 heterocycles. The van der Waals surface area contributed by atoms with Gasteiger partial charge in [0.25, 0.3) is 5.91 Å². The van der Waals surface area contributed by atoms with Crippen molar-refractivity contribution < 1.29 is 14.3 Å². The van der Waals surface area contributed by atoms with E-state index < -0.39 is 5.91 Å². The Kier molecular flexibility index (Phi) is 7.07. The molecule has 0 aliphatic heterocycles. The number of ether oxygens (including phenoxy) is 2. The minimum atomic E-state index is -0.554. The first-order valence-corrected chi connectivity index (χ1v) is 8.85. The number of nitrogens with one attached hydrogen (secondary N) is 1. The molecule has 134 valence electrons. The summed E-state index contributed by atoms with van der Waals surface area (Å²) in [7, 11) is 1.54. The van der Waals surface area contributed by atoms with Gasteiger partial charge in [-0.15, -0.1) is 0 Å². The van der Waals surface area contributed by atoms with Gasteiger partial charge in [0, 0.05) is 4.47 Å². The molecule has 2 aromatic rings. The van der Waals surface area contributed by atoms with Crippen LogP contribution in [0.25, 0.3) is 6.08 Å². The zero-order valence-corrected chi connectivity index (χ0v) is 16.5. The fourth-order valence-electron chi connectivity index (χ4n) is 2.15. The van der Waals surface area contributed by atoms with E-state index in [0.29, 0.717) is 38.9 Å². The second kappa shape index (κ2) is 9.27. The van der Waals surface area contributed by atoms with Crippen molar-refractivity contribution in [2.24, 2.45) is 0 Å². The number of hydrogen-bond acceptors (Lipinski definition) is 4. The third kappa shape index (κ3) is 4.78. The van der Waals surface area contributed by atoms with Crippen LogP contribution in [-0.2, 0) is 4.79 Å². The van der Waals surface area contributed by atoms with Gasteiger partial charge in [0.2, 0.25) is 0 Å². The zero-order valence-electron chi connectivity index (χ0n) is 14.2.